The first-order chi connectivity index (χ1) is 15.1. The van der Waals surface area contributed by atoms with E-state index in [9.17, 15) is 9.59 Å². The zero-order valence-corrected chi connectivity index (χ0v) is 19.7. The minimum Gasteiger partial charge on any atom is 0.0160 e. The van der Waals surface area contributed by atoms with Crippen LogP contribution in [0.15, 0.2) is 36.0 Å². The third kappa shape index (κ3) is 4.54. The number of halogens is 1. The zero-order valence-electron chi connectivity index (χ0n) is 16.7. The van der Waals surface area contributed by atoms with Crippen molar-refractivity contribution in [1.29, 1.82) is 0 Å². The number of carbonyl (C=O) groups excluding carboxylic acids is 2. The van der Waals surface area contributed by atoms with Crippen molar-refractivity contribution in [3.63, 3.8) is 0 Å². The SMILES string of the molecule is Cn1ccc(C(=O)NCC(=O)Nc2nc(-c3cc4c(c(C5C[I-]5)c3)OCCO4)cs2)c1. The van der Waals surface area contributed by atoms with Gasteiger partial charge in [-0.3, -0.25) is 4.79 Å². The number of anilines is 1. The number of carbonyl (C=O) groups is 2. The maximum absolute atomic E-state index is 12.2. The maximum Gasteiger partial charge on any atom is 0.0160 e. The van der Waals surface area contributed by atoms with Gasteiger partial charge in [-0.1, -0.05) is 0 Å². The number of nitrogens with one attached hydrogen (secondary N) is 2. The first-order valence-electron chi connectivity index (χ1n) is 9.74. The largest absolute Gasteiger partial charge is 0.0160 e. The van der Waals surface area contributed by atoms with Gasteiger partial charge in [0.25, 0.3) is 0 Å². The number of benzene rings is 1. The van der Waals surface area contributed by atoms with E-state index in [-0.39, 0.29) is 39.6 Å². The van der Waals surface area contributed by atoms with E-state index in [4.69, 9.17) is 9.47 Å². The van der Waals surface area contributed by atoms with Crippen LogP contribution in [0.3, 0.4) is 0 Å². The van der Waals surface area contributed by atoms with Crippen LogP contribution in [0.4, 0.5) is 5.13 Å². The van der Waals surface area contributed by atoms with Crippen molar-refractivity contribution in [2.75, 3.05) is 29.5 Å². The molecule has 31 heavy (non-hydrogen) atoms. The molecule has 2 N–H and O–H groups in total. The monoisotopic (exact) mass is 551 g/mol. The molecule has 8 nitrogen and oxygen atoms in total. The molecule has 1 fully saturated rings. The van der Waals surface area contributed by atoms with Gasteiger partial charge in [0.15, 0.2) is 0 Å². The summed E-state index contributed by atoms with van der Waals surface area (Å²) in [5, 5.41) is 7.77. The van der Waals surface area contributed by atoms with Crippen molar-refractivity contribution in [3.05, 3.63) is 47.1 Å². The second kappa shape index (κ2) is 8.50. The summed E-state index contributed by atoms with van der Waals surface area (Å²) < 4.78 is 15.4. The molecule has 1 unspecified atom stereocenters. The Balaban J connectivity index is 1.25. The molecule has 2 amide bonds. The first kappa shape index (κ1) is 20.3. The Morgan fingerprint density at radius 2 is 2.16 bits per heavy atom. The molecule has 0 spiro atoms. The number of thiazole rings is 1. The van der Waals surface area contributed by atoms with E-state index in [2.05, 4.69) is 21.7 Å². The number of aromatic nitrogens is 2. The van der Waals surface area contributed by atoms with Gasteiger partial charge >= 0.3 is 153 Å². The number of aryl methyl sites for hydroxylation is 1. The molecular weight excluding hydrogens is 531 g/mol. The van der Waals surface area contributed by atoms with Crippen LogP contribution >= 0.6 is 11.3 Å². The quantitative estimate of drug-likeness (QED) is 0.317. The summed E-state index contributed by atoms with van der Waals surface area (Å²) in [4.78, 5) is 28.9. The van der Waals surface area contributed by atoms with Gasteiger partial charge in [0.1, 0.15) is 0 Å². The molecule has 2 aromatic heterocycles. The van der Waals surface area contributed by atoms with Crippen molar-refractivity contribution >= 4 is 28.3 Å². The predicted molar refractivity (Wildman–Crippen MR) is 113 cm³/mol. The fraction of sp³-hybridized carbons (Fsp3) is 0.286. The number of alkyl halides is 2. The van der Waals surface area contributed by atoms with Crippen LogP contribution in [0.1, 0.15) is 19.8 Å². The van der Waals surface area contributed by atoms with Crippen LogP contribution in [-0.2, 0) is 11.8 Å². The summed E-state index contributed by atoms with van der Waals surface area (Å²) in [6.45, 7) is 1.00. The van der Waals surface area contributed by atoms with E-state index in [0.29, 0.717) is 27.8 Å². The molecule has 5 rings (SSSR count). The van der Waals surface area contributed by atoms with Gasteiger partial charge in [-0.15, -0.1) is 0 Å². The Hall–Kier alpha value is -2.60. The first-order valence-corrected chi connectivity index (χ1v) is 13.4. The van der Waals surface area contributed by atoms with Crippen LogP contribution < -0.4 is 41.3 Å². The molecule has 10 heteroatoms. The Labute approximate surface area is 193 Å². The van der Waals surface area contributed by atoms with Gasteiger partial charge < -0.3 is 4.57 Å². The molecule has 1 atom stereocenters. The molecule has 1 aromatic carbocycles. The number of ether oxygens (including phenoxy) is 2. The average molecular weight is 551 g/mol. The number of rotatable bonds is 6. The fourth-order valence-electron chi connectivity index (χ4n) is 3.30. The number of amides is 2. The van der Waals surface area contributed by atoms with Gasteiger partial charge in [0, 0.05) is 19.4 Å². The third-order valence-corrected chi connectivity index (χ3v) is 8.06. The summed E-state index contributed by atoms with van der Waals surface area (Å²) in [6, 6.07) is 5.80. The van der Waals surface area contributed by atoms with Crippen molar-refractivity contribution in [3.8, 4) is 22.8 Å². The molecule has 2 aliphatic heterocycles. The summed E-state index contributed by atoms with van der Waals surface area (Å²) in [5.74, 6) is 1.05. The van der Waals surface area contributed by atoms with E-state index in [1.165, 1.54) is 21.3 Å². The fourth-order valence-corrected chi connectivity index (χ4v) is 5.70. The summed E-state index contributed by atoms with van der Waals surface area (Å²) >= 11 is 1.57. The molecule has 1 saturated heterocycles. The van der Waals surface area contributed by atoms with Crippen LogP contribution in [0, 0.1) is 0 Å². The summed E-state index contributed by atoms with van der Waals surface area (Å²) in [5.41, 5.74) is 3.48. The molecule has 0 saturated carbocycles. The molecule has 0 aliphatic carbocycles. The van der Waals surface area contributed by atoms with E-state index in [1.54, 1.807) is 23.0 Å². The average Bonchev–Trinajstić information content (AvgIpc) is 3.36. The smallest absolute Gasteiger partial charge is 0.0160 e. The minimum absolute atomic E-state index is 0.123. The van der Waals surface area contributed by atoms with E-state index >= 15 is 0 Å². The van der Waals surface area contributed by atoms with E-state index in [0.717, 1.165) is 22.8 Å². The molecule has 0 bridgehead atoms. The Morgan fingerprint density at radius 1 is 1.32 bits per heavy atom. The van der Waals surface area contributed by atoms with Gasteiger partial charge in [-0.25, -0.2) is 0 Å². The van der Waals surface area contributed by atoms with E-state index in [1.807, 2.05) is 18.5 Å². The van der Waals surface area contributed by atoms with Crippen LogP contribution in [-0.4, -0.2) is 45.6 Å². The Bertz CT molecular complexity index is 1150. The maximum atomic E-state index is 12.2. The number of fused-ring (bicyclic) bond motifs is 1. The molecule has 0 radical (unpaired) electrons. The molecule has 4 heterocycles. The van der Waals surface area contributed by atoms with E-state index < -0.39 is 0 Å². The number of nitrogens with zero attached hydrogens (tertiary/aromatic N) is 2. The predicted octanol–water partition coefficient (Wildman–Crippen LogP) is -0.568. The third-order valence-electron chi connectivity index (χ3n) is 4.87. The topological polar surface area (TPSA) is 94.5 Å². The molecule has 3 aromatic rings. The van der Waals surface area contributed by atoms with Gasteiger partial charge in [-0.2, -0.15) is 0 Å². The van der Waals surface area contributed by atoms with Crippen molar-refractivity contribution in [1.82, 2.24) is 14.9 Å². The summed E-state index contributed by atoms with van der Waals surface area (Å²) in [7, 11) is 1.83. The molecular formula is C21H20IN4O4S-. The van der Waals surface area contributed by atoms with Gasteiger partial charge in [-0.05, 0) is 6.07 Å². The van der Waals surface area contributed by atoms with Crippen LogP contribution in [0.5, 0.6) is 11.5 Å². The van der Waals surface area contributed by atoms with Crippen molar-refractivity contribution in [2.45, 2.75) is 3.92 Å². The second-order valence-corrected chi connectivity index (χ2v) is 11.3. The summed E-state index contributed by atoms with van der Waals surface area (Å²) in [6.07, 6.45) is 3.48. The van der Waals surface area contributed by atoms with Crippen LogP contribution in [0.25, 0.3) is 11.3 Å². The minimum atomic E-state index is -0.323. The normalized spacial score (nSPS) is 16.9. The molecule has 2 aliphatic rings. The Kier molecular flexibility index (Phi) is 5.57. The zero-order chi connectivity index (χ0) is 21.4. The standard InChI is InChI=1S/C21H20IN4O4S/c1-26-3-2-12(10-26)20(28)23-9-18(27)25-21-24-16(11-31-21)13-6-14(15-8-22-15)19-17(7-13)29-4-5-30-19/h2-3,6-7,10-11,15H,4-5,8-9H2,1H3,(H,23,28)(H,24,25,27)/q-1. The van der Waals surface area contributed by atoms with Crippen molar-refractivity contribution in [2.24, 2.45) is 7.05 Å². The number of hydrogen-bond donors (Lipinski definition) is 2. The Morgan fingerprint density at radius 3 is 2.94 bits per heavy atom. The molecule has 162 valence electrons. The van der Waals surface area contributed by atoms with Crippen LogP contribution in [0.2, 0.25) is 0 Å². The number of hydrogen-bond acceptors (Lipinski definition) is 6. The van der Waals surface area contributed by atoms with Gasteiger partial charge in [0.2, 0.25) is 0 Å². The van der Waals surface area contributed by atoms with Gasteiger partial charge in [0.05, 0.1) is 5.56 Å². The second-order valence-electron chi connectivity index (χ2n) is 7.20. The van der Waals surface area contributed by atoms with Crippen molar-refractivity contribution < 1.29 is 40.3 Å².